The van der Waals surface area contributed by atoms with Gasteiger partial charge in [-0.25, -0.2) is 9.59 Å². The average Bonchev–Trinajstić information content (AvgIpc) is 3.33. The van der Waals surface area contributed by atoms with Gasteiger partial charge >= 0.3 is 11.8 Å². The lowest BCUT2D eigenvalue weighted by molar-refractivity contribution is -0.142. The van der Waals surface area contributed by atoms with Gasteiger partial charge in [0.15, 0.2) is 0 Å². The summed E-state index contributed by atoms with van der Waals surface area (Å²) in [4.78, 5) is 93.1. The number of nitrogens with zero attached hydrogens (tertiary/aromatic N) is 6. The minimum absolute atomic E-state index is 0.0671. The first-order valence-electron chi connectivity index (χ1n) is 15.9. The molecular formula is C34H43N7O8. The third-order valence-electron chi connectivity index (χ3n) is 8.56. The van der Waals surface area contributed by atoms with Crippen molar-refractivity contribution in [3.05, 3.63) is 70.1 Å². The Balaban J connectivity index is 1.24. The Morgan fingerprint density at radius 2 is 1.43 bits per heavy atom. The number of carbonyl (C=O) groups excluding carboxylic acids is 6. The zero-order valence-electron chi connectivity index (χ0n) is 28.5. The van der Waals surface area contributed by atoms with Gasteiger partial charge in [0.05, 0.1) is 24.1 Å². The molecule has 1 fully saturated rings. The van der Waals surface area contributed by atoms with Crippen LogP contribution in [0, 0.1) is 0 Å². The summed E-state index contributed by atoms with van der Waals surface area (Å²) in [6.45, 7) is -0.309. The second-order valence-corrected chi connectivity index (χ2v) is 12.3. The third kappa shape index (κ3) is 8.91. The number of benzene rings is 2. The standard InChI is InChI=1S/C34H43N7O8/c1-36(18-10-14-24-13-9-15-25-31(24)40(5)33(47)41(25)26-16-17-27(42)35-32(26)46)28(43)19-37(2)29(44)20-38(3)30(45)21-39(4)34(48)49-22-23-11-7-6-8-12-23/h6-9,11-13,15,26H,10,14,16-22H2,1-5H3,(H,35,42,46). The number of likely N-dealkylation sites (N-methyl/N-ethyl adjacent to an activating group) is 4. The van der Waals surface area contributed by atoms with Gasteiger partial charge in [0, 0.05) is 48.2 Å². The van der Waals surface area contributed by atoms with Gasteiger partial charge in [0.25, 0.3) is 0 Å². The lowest BCUT2D eigenvalue weighted by atomic mass is 10.0. The van der Waals surface area contributed by atoms with Crippen molar-refractivity contribution >= 4 is 46.7 Å². The Kier molecular flexibility index (Phi) is 11.9. The predicted molar refractivity (Wildman–Crippen MR) is 179 cm³/mol. The lowest BCUT2D eigenvalue weighted by Crippen LogP contribution is -2.46. The van der Waals surface area contributed by atoms with Gasteiger partial charge in [0.1, 0.15) is 19.2 Å². The van der Waals surface area contributed by atoms with Crippen molar-refractivity contribution in [1.82, 2.24) is 34.1 Å². The smallest absolute Gasteiger partial charge is 0.410 e. The van der Waals surface area contributed by atoms with Crippen molar-refractivity contribution in [3.8, 4) is 0 Å². The van der Waals surface area contributed by atoms with E-state index in [-0.39, 0.29) is 56.6 Å². The number of carbonyl (C=O) groups is 6. The number of hydrogen-bond donors (Lipinski definition) is 1. The van der Waals surface area contributed by atoms with Gasteiger partial charge in [-0.1, -0.05) is 42.5 Å². The molecule has 0 bridgehead atoms. The maximum Gasteiger partial charge on any atom is 0.410 e. The number of aromatic nitrogens is 2. The first-order valence-corrected chi connectivity index (χ1v) is 15.9. The highest BCUT2D eigenvalue weighted by Crippen LogP contribution is 2.25. The van der Waals surface area contributed by atoms with Gasteiger partial charge in [-0.15, -0.1) is 0 Å². The maximum absolute atomic E-state index is 13.2. The molecule has 15 heteroatoms. The molecule has 0 radical (unpaired) electrons. The minimum Gasteiger partial charge on any atom is -0.445 e. The molecule has 15 nitrogen and oxygen atoms in total. The number of aryl methyl sites for hydroxylation is 2. The zero-order valence-corrected chi connectivity index (χ0v) is 28.5. The van der Waals surface area contributed by atoms with Crippen molar-refractivity contribution in [2.24, 2.45) is 7.05 Å². The van der Waals surface area contributed by atoms with Crippen molar-refractivity contribution in [2.45, 2.75) is 38.3 Å². The predicted octanol–water partition coefficient (Wildman–Crippen LogP) is 0.894. The van der Waals surface area contributed by atoms with E-state index in [0.29, 0.717) is 30.4 Å². The Morgan fingerprint density at radius 3 is 2.06 bits per heavy atom. The van der Waals surface area contributed by atoms with Crippen LogP contribution in [0.25, 0.3) is 11.0 Å². The van der Waals surface area contributed by atoms with E-state index in [1.807, 2.05) is 42.5 Å². The van der Waals surface area contributed by atoms with Gasteiger partial charge in [-0.2, -0.15) is 0 Å². The molecule has 1 unspecified atom stereocenters. The molecule has 2 aromatic carbocycles. The van der Waals surface area contributed by atoms with Gasteiger partial charge < -0.3 is 24.3 Å². The number of imidazole rings is 1. The highest BCUT2D eigenvalue weighted by Gasteiger charge is 2.31. The lowest BCUT2D eigenvalue weighted by Gasteiger charge is -2.25. The fourth-order valence-corrected chi connectivity index (χ4v) is 5.62. The van der Waals surface area contributed by atoms with Crippen molar-refractivity contribution in [3.63, 3.8) is 0 Å². The largest absolute Gasteiger partial charge is 0.445 e. The summed E-state index contributed by atoms with van der Waals surface area (Å²) in [6.07, 6.45) is 0.829. The van der Waals surface area contributed by atoms with Crippen LogP contribution in [0.1, 0.15) is 36.4 Å². The highest BCUT2D eigenvalue weighted by atomic mass is 16.6. The Labute approximate surface area is 284 Å². The molecule has 262 valence electrons. The van der Waals surface area contributed by atoms with E-state index in [1.165, 1.54) is 45.0 Å². The van der Waals surface area contributed by atoms with Crippen LogP contribution in [0.3, 0.4) is 0 Å². The van der Waals surface area contributed by atoms with E-state index >= 15 is 0 Å². The summed E-state index contributed by atoms with van der Waals surface area (Å²) in [5, 5.41) is 2.31. The quantitative estimate of drug-likeness (QED) is 0.261. The van der Waals surface area contributed by atoms with E-state index in [9.17, 15) is 33.6 Å². The number of rotatable bonds is 13. The van der Waals surface area contributed by atoms with Crippen LogP contribution >= 0.6 is 0 Å². The SMILES string of the molecule is CN(CCCc1cccc2c1n(C)c(=O)n2C1CCC(=O)NC1=O)C(=O)CN(C)C(=O)CN(C)C(=O)CN(C)C(=O)OCc1ccccc1. The number of ether oxygens (including phenoxy) is 1. The molecule has 0 saturated carbocycles. The molecule has 3 aromatic rings. The molecule has 1 aliphatic rings. The van der Waals surface area contributed by atoms with Crippen LogP contribution in [0.15, 0.2) is 53.3 Å². The first kappa shape index (κ1) is 36.4. The normalized spacial score (nSPS) is 14.3. The molecular weight excluding hydrogens is 634 g/mol. The minimum atomic E-state index is -0.777. The van der Waals surface area contributed by atoms with Crippen LogP contribution in [-0.2, 0) is 48.8 Å². The molecule has 1 aliphatic heterocycles. The molecule has 1 atom stereocenters. The summed E-state index contributed by atoms with van der Waals surface area (Å²) in [5.41, 5.74) is 2.62. The number of fused-ring (bicyclic) bond motifs is 1. The number of amides is 6. The van der Waals surface area contributed by atoms with Crippen LogP contribution in [-0.4, -0.2) is 119 Å². The summed E-state index contributed by atoms with van der Waals surface area (Å²) in [7, 11) is 7.64. The summed E-state index contributed by atoms with van der Waals surface area (Å²) in [6, 6.07) is 13.8. The van der Waals surface area contributed by atoms with Gasteiger partial charge in [-0.05, 0) is 36.5 Å². The monoisotopic (exact) mass is 677 g/mol. The molecule has 4 rings (SSSR count). The number of nitrogens with one attached hydrogen (secondary N) is 1. The molecule has 1 aromatic heterocycles. The molecule has 49 heavy (non-hydrogen) atoms. The number of imide groups is 1. The summed E-state index contributed by atoms with van der Waals surface area (Å²) in [5.74, 6) is -2.06. The second kappa shape index (κ2) is 16.1. The fraction of sp³-hybridized carbons (Fsp3) is 0.441. The van der Waals surface area contributed by atoms with Crippen molar-refractivity contribution < 1.29 is 33.5 Å². The zero-order chi connectivity index (χ0) is 35.8. The second-order valence-electron chi connectivity index (χ2n) is 12.3. The molecule has 1 saturated heterocycles. The Hall–Kier alpha value is -5.47. The topological polar surface area (TPSA) is 164 Å². The number of hydrogen-bond acceptors (Lipinski definition) is 8. The Bertz CT molecular complexity index is 1780. The van der Waals surface area contributed by atoms with Gasteiger partial charge in [0.2, 0.25) is 29.5 Å². The molecule has 0 aliphatic carbocycles. The van der Waals surface area contributed by atoms with Crippen LogP contribution in [0.4, 0.5) is 4.79 Å². The van der Waals surface area contributed by atoms with Gasteiger partial charge in [-0.3, -0.25) is 38.4 Å². The van der Waals surface area contributed by atoms with E-state index in [0.717, 1.165) is 16.0 Å². The number of para-hydroxylation sites is 1. The number of piperidine rings is 1. The van der Waals surface area contributed by atoms with Crippen LogP contribution in [0.5, 0.6) is 0 Å². The van der Waals surface area contributed by atoms with Crippen LogP contribution in [0.2, 0.25) is 0 Å². The third-order valence-corrected chi connectivity index (χ3v) is 8.56. The maximum atomic E-state index is 13.2. The molecule has 0 spiro atoms. The highest BCUT2D eigenvalue weighted by molar-refractivity contribution is 6.00. The first-order chi connectivity index (χ1) is 23.3. The molecule has 2 heterocycles. The molecule has 6 amide bonds. The van der Waals surface area contributed by atoms with Crippen molar-refractivity contribution in [2.75, 3.05) is 54.4 Å². The van der Waals surface area contributed by atoms with E-state index in [1.54, 1.807) is 20.2 Å². The summed E-state index contributed by atoms with van der Waals surface area (Å²) < 4.78 is 8.17. The van der Waals surface area contributed by atoms with Crippen LogP contribution < -0.4 is 11.0 Å². The summed E-state index contributed by atoms with van der Waals surface area (Å²) >= 11 is 0. The Morgan fingerprint density at radius 1 is 0.816 bits per heavy atom. The fourth-order valence-electron chi connectivity index (χ4n) is 5.62. The average molecular weight is 678 g/mol. The van der Waals surface area contributed by atoms with E-state index in [4.69, 9.17) is 4.74 Å². The van der Waals surface area contributed by atoms with E-state index in [2.05, 4.69) is 5.32 Å². The van der Waals surface area contributed by atoms with E-state index < -0.39 is 29.9 Å². The molecule has 1 N–H and O–H groups in total. The van der Waals surface area contributed by atoms with Crippen molar-refractivity contribution in [1.29, 1.82) is 0 Å².